The van der Waals surface area contributed by atoms with Gasteiger partial charge in [-0.1, -0.05) is 48.5 Å². The van der Waals surface area contributed by atoms with Crippen molar-refractivity contribution in [2.45, 2.75) is 12.3 Å². The number of phenols is 2. The number of methoxy groups -OCH3 is 2. The summed E-state index contributed by atoms with van der Waals surface area (Å²) in [7, 11) is 2.92. The van der Waals surface area contributed by atoms with Crippen molar-refractivity contribution in [1.82, 2.24) is 0 Å². The second kappa shape index (κ2) is 11.2. The summed E-state index contributed by atoms with van der Waals surface area (Å²) in [5, 5.41) is 20.7. The molecule has 1 aliphatic heterocycles. The fraction of sp³-hybridized carbons (Fsp3) is 0.125. The third-order valence-corrected chi connectivity index (χ3v) is 6.64. The molecular formula is C32H26O8. The first-order valence-electron chi connectivity index (χ1n) is 12.4. The second-order valence-corrected chi connectivity index (χ2v) is 9.06. The van der Waals surface area contributed by atoms with E-state index in [-0.39, 0.29) is 29.1 Å². The van der Waals surface area contributed by atoms with Crippen LogP contribution in [0.4, 0.5) is 0 Å². The SMILES string of the molecule is COc1cc(O)c2c(c1)OC(=O)CC2c1ccc(O)c(OC)c1.O=c1c(-c2ccccc2)coc2ccccc12. The van der Waals surface area contributed by atoms with Crippen molar-refractivity contribution in [2.24, 2.45) is 0 Å². The molecule has 8 nitrogen and oxygen atoms in total. The molecule has 5 aromatic rings. The van der Waals surface area contributed by atoms with Gasteiger partial charge in [-0.25, -0.2) is 0 Å². The maximum absolute atomic E-state index is 12.3. The zero-order valence-electron chi connectivity index (χ0n) is 21.8. The lowest BCUT2D eigenvalue weighted by Gasteiger charge is -2.26. The summed E-state index contributed by atoms with van der Waals surface area (Å²) in [4.78, 5) is 24.2. The number of hydrogen-bond donors (Lipinski definition) is 2. The van der Waals surface area contributed by atoms with Crippen molar-refractivity contribution >= 4 is 16.9 Å². The molecule has 2 N–H and O–H groups in total. The Kier molecular flexibility index (Phi) is 7.41. The average Bonchev–Trinajstić information content (AvgIpc) is 2.98. The van der Waals surface area contributed by atoms with E-state index >= 15 is 0 Å². The third kappa shape index (κ3) is 5.19. The van der Waals surface area contributed by atoms with Crippen LogP contribution in [-0.2, 0) is 4.79 Å². The minimum atomic E-state index is -0.401. The smallest absolute Gasteiger partial charge is 0.312 e. The minimum absolute atomic E-state index is 0.00816. The molecule has 0 aliphatic carbocycles. The van der Waals surface area contributed by atoms with Gasteiger partial charge in [0.05, 0.1) is 31.6 Å². The highest BCUT2D eigenvalue weighted by molar-refractivity contribution is 5.81. The monoisotopic (exact) mass is 538 g/mol. The molecule has 2 heterocycles. The maximum atomic E-state index is 12.3. The van der Waals surface area contributed by atoms with Crippen molar-refractivity contribution in [3.05, 3.63) is 113 Å². The zero-order valence-corrected chi connectivity index (χ0v) is 21.8. The molecule has 0 fully saturated rings. The Hall–Kier alpha value is -5.24. The first-order valence-corrected chi connectivity index (χ1v) is 12.4. The van der Waals surface area contributed by atoms with E-state index in [1.807, 2.05) is 42.5 Å². The van der Waals surface area contributed by atoms with Crippen molar-refractivity contribution < 1.29 is 33.6 Å². The highest BCUT2D eigenvalue weighted by atomic mass is 16.5. The molecular weight excluding hydrogens is 512 g/mol. The predicted molar refractivity (Wildman–Crippen MR) is 149 cm³/mol. The standard InChI is InChI=1S/C17H16O6.C15H10O2/c1-21-10-6-13(19)17-11(8-16(20)23-15(17)7-10)9-3-4-12(18)14(5-9)22-2;16-15-12-8-4-5-9-14(12)17-10-13(15)11-6-2-1-3-7-11/h3-7,11,18-19H,8H2,1-2H3;1-10H. The van der Waals surface area contributed by atoms with Crippen LogP contribution in [0.15, 0.2) is 100 Å². The molecule has 1 unspecified atom stereocenters. The second-order valence-electron chi connectivity index (χ2n) is 9.06. The van der Waals surface area contributed by atoms with Gasteiger partial charge in [0.25, 0.3) is 0 Å². The molecule has 40 heavy (non-hydrogen) atoms. The van der Waals surface area contributed by atoms with E-state index in [2.05, 4.69) is 0 Å². The van der Waals surface area contributed by atoms with E-state index in [0.29, 0.717) is 33.6 Å². The van der Waals surface area contributed by atoms with Gasteiger partial charge in [-0.3, -0.25) is 9.59 Å². The van der Waals surface area contributed by atoms with Crippen molar-refractivity contribution in [2.75, 3.05) is 14.2 Å². The molecule has 0 radical (unpaired) electrons. The normalized spacial score (nSPS) is 13.9. The Balaban J connectivity index is 0.000000168. The fourth-order valence-electron chi connectivity index (χ4n) is 4.66. The van der Waals surface area contributed by atoms with Gasteiger partial charge < -0.3 is 28.8 Å². The summed E-state index contributed by atoms with van der Waals surface area (Å²) < 4.78 is 20.9. The summed E-state index contributed by atoms with van der Waals surface area (Å²) in [5.41, 5.74) is 3.36. The maximum Gasteiger partial charge on any atom is 0.312 e. The topological polar surface area (TPSA) is 115 Å². The number of hydrogen-bond acceptors (Lipinski definition) is 8. The van der Waals surface area contributed by atoms with Gasteiger partial charge in [0.1, 0.15) is 29.1 Å². The van der Waals surface area contributed by atoms with Crippen LogP contribution in [0, 0.1) is 0 Å². The van der Waals surface area contributed by atoms with Crippen LogP contribution in [0.25, 0.3) is 22.1 Å². The molecule has 4 aromatic carbocycles. The highest BCUT2D eigenvalue weighted by Crippen LogP contribution is 2.46. The van der Waals surface area contributed by atoms with E-state index in [4.69, 9.17) is 18.6 Å². The number of aromatic hydroxyl groups is 2. The van der Waals surface area contributed by atoms with Gasteiger partial charge in [-0.05, 0) is 35.4 Å². The van der Waals surface area contributed by atoms with Crippen LogP contribution in [0.5, 0.6) is 28.7 Å². The lowest BCUT2D eigenvalue weighted by molar-refractivity contribution is -0.135. The first kappa shape index (κ1) is 26.4. The number of carbonyl (C=O) groups excluding carboxylic acids is 1. The lowest BCUT2D eigenvalue weighted by atomic mass is 9.85. The predicted octanol–water partition coefficient (Wildman–Crippen LogP) is 6.02. The molecule has 8 heteroatoms. The summed E-state index contributed by atoms with van der Waals surface area (Å²) >= 11 is 0. The number of fused-ring (bicyclic) bond motifs is 2. The number of rotatable bonds is 4. The summed E-state index contributed by atoms with van der Waals surface area (Å²) in [5.74, 6) is 0.177. The molecule has 1 aliphatic rings. The fourth-order valence-corrected chi connectivity index (χ4v) is 4.66. The first-order chi connectivity index (χ1) is 19.4. The molecule has 0 saturated heterocycles. The van der Waals surface area contributed by atoms with E-state index in [1.165, 1.54) is 32.6 Å². The summed E-state index contributed by atoms with van der Waals surface area (Å²) in [6.07, 6.45) is 1.61. The lowest BCUT2D eigenvalue weighted by Crippen LogP contribution is -2.21. The van der Waals surface area contributed by atoms with Crippen molar-refractivity contribution in [3.8, 4) is 39.9 Å². The summed E-state index contributed by atoms with van der Waals surface area (Å²) in [6, 6.07) is 24.7. The third-order valence-electron chi connectivity index (χ3n) is 6.64. The van der Waals surface area contributed by atoms with Crippen molar-refractivity contribution in [1.29, 1.82) is 0 Å². The highest BCUT2D eigenvalue weighted by Gasteiger charge is 2.32. The summed E-state index contributed by atoms with van der Waals surface area (Å²) in [6.45, 7) is 0. The number of carbonyl (C=O) groups is 1. The van der Waals surface area contributed by atoms with Crippen LogP contribution in [0.2, 0.25) is 0 Å². The number of benzene rings is 4. The number of para-hydroxylation sites is 1. The van der Waals surface area contributed by atoms with Crippen molar-refractivity contribution in [3.63, 3.8) is 0 Å². The Labute approximate surface area is 229 Å². The number of esters is 1. The van der Waals surface area contributed by atoms with Gasteiger partial charge in [0.2, 0.25) is 0 Å². The van der Waals surface area contributed by atoms with Crippen LogP contribution in [0.3, 0.4) is 0 Å². The molecule has 202 valence electrons. The van der Waals surface area contributed by atoms with E-state index in [1.54, 1.807) is 30.3 Å². The molecule has 1 aromatic heterocycles. The van der Waals surface area contributed by atoms with Gasteiger partial charge in [-0.2, -0.15) is 0 Å². The zero-order chi connectivity index (χ0) is 28.2. The Morgan fingerprint density at radius 2 is 1.57 bits per heavy atom. The minimum Gasteiger partial charge on any atom is -0.507 e. The molecule has 0 spiro atoms. The molecule has 6 rings (SSSR count). The van der Waals surface area contributed by atoms with Gasteiger partial charge in [0.15, 0.2) is 16.9 Å². The Morgan fingerprint density at radius 3 is 2.33 bits per heavy atom. The molecule has 0 bridgehead atoms. The number of phenolic OH excluding ortho intramolecular Hbond substituents is 2. The van der Waals surface area contributed by atoms with E-state index in [0.717, 1.165) is 11.1 Å². The molecule has 0 saturated carbocycles. The largest absolute Gasteiger partial charge is 0.507 e. The van der Waals surface area contributed by atoms with Crippen LogP contribution in [-0.4, -0.2) is 30.4 Å². The van der Waals surface area contributed by atoms with Crippen LogP contribution >= 0.6 is 0 Å². The molecule has 0 amide bonds. The van der Waals surface area contributed by atoms with E-state index in [9.17, 15) is 19.8 Å². The Morgan fingerprint density at radius 1 is 0.825 bits per heavy atom. The van der Waals surface area contributed by atoms with Gasteiger partial charge in [-0.15, -0.1) is 0 Å². The van der Waals surface area contributed by atoms with Crippen LogP contribution < -0.4 is 19.6 Å². The quantitative estimate of drug-likeness (QED) is 0.211. The average molecular weight is 539 g/mol. The van der Waals surface area contributed by atoms with E-state index < -0.39 is 11.9 Å². The number of ether oxygens (including phenoxy) is 3. The molecule has 1 atom stereocenters. The van der Waals surface area contributed by atoms with Crippen LogP contribution in [0.1, 0.15) is 23.5 Å². The van der Waals surface area contributed by atoms with Gasteiger partial charge >= 0.3 is 5.97 Å². The Bertz CT molecular complexity index is 1740. The van der Waals surface area contributed by atoms with Gasteiger partial charge in [0, 0.05) is 23.6 Å².